The molecule has 0 aliphatic heterocycles. The summed E-state index contributed by atoms with van der Waals surface area (Å²) in [6.45, 7) is 0. The molecule has 1 saturated carbocycles. The Hall–Kier alpha value is -1.91. The SMILES string of the molecule is O=C(O)C1(Cc2nc3c(F)cccc3[nH]2)CCCC1. The Morgan fingerprint density at radius 2 is 2.16 bits per heavy atom. The molecule has 1 aliphatic carbocycles. The molecule has 100 valence electrons. The Morgan fingerprint density at radius 1 is 1.42 bits per heavy atom. The van der Waals surface area contributed by atoms with Crippen molar-refractivity contribution >= 4 is 17.0 Å². The molecule has 0 unspecified atom stereocenters. The van der Waals surface area contributed by atoms with Gasteiger partial charge >= 0.3 is 5.97 Å². The lowest BCUT2D eigenvalue weighted by molar-refractivity contribution is -0.148. The molecule has 2 N–H and O–H groups in total. The first-order valence-corrected chi connectivity index (χ1v) is 6.47. The number of rotatable bonds is 3. The normalized spacial score (nSPS) is 17.9. The summed E-state index contributed by atoms with van der Waals surface area (Å²) in [6, 6.07) is 4.72. The van der Waals surface area contributed by atoms with E-state index in [1.807, 2.05) is 0 Å². The monoisotopic (exact) mass is 262 g/mol. The van der Waals surface area contributed by atoms with Gasteiger partial charge in [0.05, 0.1) is 10.9 Å². The summed E-state index contributed by atoms with van der Waals surface area (Å²) in [4.78, 5) is 18.7. The maximum Gasteiger partial charge on any atom is 0.310 e. The van der Waals surface area contributed by atoms with Gasteiger partial charge in [-0.1, -0.05) is 18.9 Å². The van der Waals surface area contributed by atoms with Gasteiger partial charge in [-0.3, -0.25) is 4.79 Å². The minimum atomic E-state index is -0.772. The van der Waals surface area contributed by atoms with Gasteiger partial charge in [0, 0.05) is 6.42 Å². The van der Waals surface area contributed by atoms with Gasteiger partial charge in [0.1, 0.15) is 11.3 Å². The van der Waals surface area contributed by atoms with Crippen molar-refractivity contribution < 1.29 is 14.3 Å². The summed E-state index contributed by atoms with van der Waals surface area (Å²) in [5.74, 6) is -0.592. The number of benzene rings is 1. The van der Waals surface area contributed by atoms with Crippen LogP contribution in [0.2, 0.25) is 0 Å². The molecule has 3 rings (SSSR count). The molecule has 1 aliphatic rings. The van der Waals surface area contributed by atoms with Gasteiger partial charge in [-0.05, 0) is 25.0 Å². The van der Waals surface area contributed by atoms with Crippen molar-refractivity contribution in [2.24, 2.45) is 5.41 Å². The zero-order valence-electron chi connectivity index (χ0n) is 10.4. The first-order valence-electron chi connectivity index (χ1n) is 6.47. The lowest BCUT2D eigenvalue weighted by Crippen LogP contribution is -2.30. The molecule has 4 nitrogen and oxygen atoms in total. The van der Waals surface area contributed by atoms with Crippen LogP contribution in [-0.2, 0) is 11.2 Å². The van der Waals surface area contributed by atoms with Crippen LogP contribution in [0.4, 0.5) is 4.39 Å². The summed E-state index contributed by atoms with van der Waals surface area (Å²) >= 11 is 0. The Bertz CT molecular complexity index is 629. The number of nitrogens with zero attached hydrogens (tertiary/aromatic N) is 1. The number of halogens is 1. The van der Waals surface area contributed by atoms with Crippen molar-refractivity contribution in [3.05, 3.63) is 29.8 Å². The topological polar surface area (TPSA) is 66.0 Å². The second-order valence-electron chi connectivity index (χ2n) is 5.29. The Morgan fingerprint density at radius 3 is 2.79 bits per heavy atom. The van der Waals surface area contributed by atoms with Gasteiger partial charge in [0.2, 0.25) is 0 Å². The lowest BCUT2D eigenvalue weighted by atomic mass is 9.82. The van der Waals surface area contributed by atoms with Gasteiger partial charge in [0.15, 0.2) is 5.82 Å². The number of hydrogen-bond acceptors (Lipinski definition) is 2. The van der Waals surface area contributed by atoms with E-state index in [0.29, 0.717) is 30.6 Å². The van der Waals surface area contributed by atoms with Crippen LogP contribution in [0, 0.1) is 11.2 Å². The molecule has 1 heterocycles. The van der Waals surface area contributed by atoms with Crippen LogP contribution in [-0.4, -0.2) is 21.0 Å². The minimum absolute atomic E-state index is 0.288. The molecule has 1 aromatic heterocycles. The second kappa shape index (κ2) is 4.33. The van der Waals surface area contributed by atoms with Crippen LogP contribution in [0.1, 0.15) is 31.5 Å². The predicted octanol–water partition coefficient (Wildman–Crippen LogP) is 2.89. The molecule has 1 fully saturated rings. The molecule has 0 atom stereocenters. The van der Waals surface area contributed by atoms with Crippen molar-refractivity contribution in [3.8, 4) is 0 Å². The third kappa shape index (κ3) is 1.99. The fraction of sp³-hybridized carbons (Fsp3) is 0.429. The number of nitrogens with one attached hydrogen (secondary N) is 1. The van der Waals surface area contributed by atoms with Crippen LogP contribution in [0.15, 0.2) is 18.2 Å². The number of fused-ring (bicyclic) bond motifs is 1. The molecule has 0 amide bonds. The highest BCUT2D eigenvalue weighted by molar-refractivity contribution is 5.77. The molecule has 19 heavy (non-hydrogen) atoms. The van der Waals surface area contributed by atoms with E-state index < -0.39 is 11.4 Å². The summed E-state index contributed by atoms with van der Waals surface area (Å²) in [5.41, 5.74) is 0.175. The van der Waals surface area contributed by atoms with Crippen LogP contribution in [0.5, 0.6) is 0 Å². The quantitative estimate of drug-likeness (QED) is 0.893. The highest BCUT2D eigenvalue weighted by atomic mass is 19.1. The molecule has 0 saturated heterocycles. The van der Waals surface area contributed by atoms with E-state index in [1.165, 1.54) is 6.07 Å². The third-order valence-corrected chi connectivity index (χ3v) is 4.03. The maximum atomic E-state index is 13.6. The number of imidazole rings is 1. The van der Waals surface area contributed by atoms with Gasteiger partial charge in [-0.25, -0.2) is 9.37 Å². The molecule has 5 heteroatoms. The molecule has 0 spiro atoms. The maximum absolute atomic E-state index is 13.6. The Labute approximate surface area is 109 Å². The summed E-state index contributed by atoms with van der Waals surface area (Å²) in [7, 11) is 0. The number of carbonyl (C=O) groups is 1. The lowest BCUT2D eigenvalue weighted by Gasteiger charge is -2.22. The van der Waals surface area contributed by atoms with E-state index in [0.717, 1.165) is 12.8 Å². The van der Waals surface area contributed by atoms with Crippen LogP contribution < -0.4 is 0 Å². The number of aromatic nitrogens is 2. The van der Waals surface area contributed by atoms with Crippen LogP contribution in [0.25, 0.3) is 11.0 Å². The fourth-order valence-corrected chi connectivity index (χ4v) is 2.97. The molecule has 2 aromatic rings. The van der Waals surface area contributed by atoms with Crippen molar-refractivity contribution in [1.82, 2.24) is 9.97 Å². The average molecular weight is 262 g/mol. The van der Waals surface area contributed by atoms with Crippen LogP contribution >= 0.6 is 0 Å². The smallest absolute Gasteiger partial charge is 0.310 e. The molecule has 1 aromatic carbocycles. The Kier molecular flexibility index (Phi) is 2.77. The Balaban J connectivity index is 1.96. The summed E-state index contributed by atoms with van der Waals surface area (Å²) in [6.07, 6.45) is 3.54. The number of hydrogen-bond donors (Lipinski definition) is 2. The highest BCUT2D eigenvalue weighted by Crippen LogP contribution is 2.41. The zero-order chi connectivity index (χ0) is 13.5. The largest absolute Gasteiger partial charge is 0.481 e. The fourth-order valence-electron chi connectivity index (χ4n) is 2.97. The van der Waals surface area contributed by atoms with Gasteiger partial charge < -0.3 is 10.1 Å². The first kappa shape index (κ1) is 12.1. The van der Waals surface area contributed by atoms with E-state index in [2.05, 4.69) is 9.97 Å². The van der Waals surface area contributed by atoms with Gasteiger partial charge in [-0.2, -0.15) is 0 Å². The van der Waals surface area contributed by atoms with Crippen molar-refractivity contribution in [3.63, 3.8) is 0 Å². The van der Waals surface area contributed by atoms with E-state index in [9.17, 15) is 14.3 Å². The highest BCUT2D eigenvalue weighted by Gasteiger charge is 2.42. The molecular formula is C14H15FN2O2. The number of para-hydroxylation sites is 1. The molecule has 0 bridgehead atoms. The minimum Gasteiger partial charge on any atom is -0.481 e. The number of carboxylic acid groups (broad SMARTS) is 1. The molecule has 0 radical (unpaired) electrons. The van der Waals surface area contributed by atoms with Crippen molar-refractivity contribution in [2.45, 2.75) is 32.1 Å². The zero-order valence-corrected chi connectivity index (χ0v) is 10.4. The van der Waals surface area contributed by atoms with E-state index in [1.54, 1.807) is 12.1 Å². The standard InChI is InChI=1S/C14H15FN2O2/c15-9-4-3-5-10-12(9)17-11(16-10)8-14(13(18)19)6-1-2-7-14/h3-5H,1-2,6-8H2,(H,16,17)(H,18,19). The number of aromatic amines is 1. The average Bonchev–Trinajstić information content (AvgIpc) is 2.97. The predicted molar refractivity (Wildman–Crippen MR) is 68.3 cm³/mol. The first-order chi connectivity index (χ1) is 9.11. The number of aliphatic carboxylic acids is 1. The van der Waals surface area contributed by atoms with Crippen molar-refractivity contribution in [2.75, 3.05) is 0 Å². The van der Waals surface area contributed by atoms with Gasteiger partial charge in [-0.15, -0.1) is 0 Å². The number of H-pyrrole nitrogens is 1. The second-order valence-corrected chi connectivity index (χ2v) is 5.29. The van der Waals surface area contributed by atoms with Gasteiger partial charge in [0.25, 0.3) is 0 Å². The number of carboxylic acids is 1. The van der Waals surface area contributed by atoms with E-state index in [-0.39, 0.29) is 11.3 Å². The van der Waals surface area contributed by atoms with Crippen LogP contribution in [0.3, 0.4) is 0 Å². The van der Waals surface area contributed by atoms with E-state index >= 15 is 0 Å². The molecular weight excluding hydrogens is 247 g/mol. The van der Waals surface area contributed by atoms with E-state index in [4.69, 9.17) is 0 Å². The van der Waals surface area contributed by atoms with Crippen molar-refractivity contribution in [1.29, 1.82) is 0 Å². The summed E-state index contributed by atoms with van der Waals surface area (Å²) in [5, 5.41) is 9.44. The third-order valence-electron chi connectivity index (χ3n) is 4.03. The summed E-state index contributed by atoms with van der Waals surface area (Å²) < 4.78 is 13.6.